The van der Waals surface area contributed by atoms with E-state index in [0.717, 1.165) is 12.1 Å². The number of aliphatic hydroxyl groups is 1. The minimum absolute atomic E-state index is 0.0382. The van der Waals surface area contributed by atoms with Gasteiger partial charge in [-0.3, -0.25) is 0 Å². The third kappa shape index (κ3) is 2.80. The molecule has 0 aliphatic rings. The summed E-state index contributed by atoms with van der Waals surface area (Å²) in [6.45, 7) is 0. The Kier molecular flexibility index (Phi) is 4.62. The zero-order valence-corrected chi connectivity index (χ0v) is 12.7. The van der Waals surface area contributed by atoms with Crippen molar-refractivity contribution in [2.24, 2.45) is 0 Å². The van der Waals surface area contributed by atoms with E-state index in [1.807, 2.05) is 0 Å². The number of hydrogen-bond acceptors (Lipinski definition) is 2. The Morgan fingerprint density at radius 2 is 1.85 bits per heavy atom. The number of hydrogen-bond donors (Lipinski definition) is 1. The van der Waals surface area contributed by atoms with Crippen LogP contribution in [0.1, 0.15) is 17.2 Å². The highest BCUT2D eigenvalue weighted by Gasteiger charge is 2.23. The number of benzene rings is 2. The summed E-state index contributed by atoms with van der Waals surface area (Å²) in [5, 5.41) is 10.4. The maximum absolute atomic E-state index is 13.9. The van der Waals surface area contributed by atoms with E-state index in [4.69, 9.17) is 16.3 Å². The van der Waals surface area contributed by atoms with Gasteiger partial charge in [0.15, 0.2) is 0 Å². The molecule has 0 aliphatic heterocycles. The highest BCUT2D eigenvalue weighted by molar-refractivity contribution is 9.10. The lowest BCUT2D eigenvalue weighted by Gasteiger charge is -2.16. The van der Waals surface area contributed by atoms with Crippen LogP contribution in [0, 0.1) is 11.6 Å². The molecule has 0 aromatic heterocycles. The van der Waals surface area contributed by atoms with E-state index in [0.29, 0.717) is 4.47 Å². The number of rotatable bonds is 3. The van der Waals surface area contributed by atoms with Gasteiger partial charge >= 0.3 is 0 Å². The van der Waals surface area contributed by atoms with Crippen LogP contribution in [0.3, 0.4) is 0 Å². The summed E-state index contributed by atoms with van der Waals surface area (Å²) in [6, 6.07) is 6.80. The first-order valence-corrected chi connectivity index (χ1v) is 6.77. The summed E-state index contributed by atoms with van der Waals surface area (Å²) >= 11 is 9.22. The summed E-state index contributed by atoms with van der Waals surface area (Å²) < 4.78 is 33.2. The van der Waals surface area contributed by atoms with Crippen molar-refractivity contribution in [3.63, 3.8) is 0 Å². The Balaban J connectivity index is 2.54. The molecule has 6 heteroatoms. The SMILES string of the molecule is COc1cc(F)c(C(O)c2cccc(Br)c2Cl)c(F)c1. The zero-order valence-electron chi connectivity index (χ0n) is 10.3. The molecule has 0 amide bonds. The summed E-state index contributed by atoms with van der Waals surface area (Å²) in [5.74, 6) is -1.76. The fourth-order valence-corrected chi connectivity index (χ4v) is 2.44. The van der Waals surface area contributed by atoms with Crippen LogP contribution in [0.2, 0.25) is 5.02 Å². The molecular weight excluding hydrogens is 354 g/mol. The van der Waals surface area contributed by atoms with Crippen molar-refractivity contribution >= 4 is 27.5 Å². The molecule has 2 rings (SSSR count). The van der Waals surface area contributed by atoms with Gasteiger partial charge in [0.05, 0.1) is 17.7 Å². The molecule has 0 bridgehead atoms. The molecule has 0 spiro atoms. The molecular formula is C14H10BrClF2O2. The number of halogens is 4. The maximum atomic E-state index is 13.9. The second-order valence-corrected chi connectivity index (χ2v) is 5.28. The van der Waals surface area contributed by atoms with E-state index >= 15 is 0 Å². The molecule has 0 heterocycles. The van der Waals surface area contributed by atoms with Crippen molar-refractivity contribution in [1.82, 2.24) is 0 Å². The minimum atomic E-state index is -1.51. The average molecular weight is 364 g/mol. The van der Waals surface area contributed by atoms with Gasteiger partial charge in [0.1, 0.15) is 23.5 Å². The van der Waals surface area contributed by atoms with Gasteiger partial charge in [-0.15, -0.1) is 0 Å². The van der Waals surface area contributed by atoms with Crippen LogP contribution in [0.25, 0.3) is 0 Å². The van der Waals surface area contributed by atoms with Gasteiger partial charge in [-0.1, -0.05) is 23.7 Å². The number of ether oxygens (including phenoxy) is 1. The molecule has 1 N–H and O–H groups in total. The van der Waals surface area contributed by atoms with Crippen molar-refractivity contribution in [2.75, 3.05) is 7.11 Å². The molecule has 1 atom stereocenters. The second-order valence-electron chi connectivity index (χ2n) is 4.05. The molecule has 2 aromatic rings. The lowest BCUT2D eigenvalue weighted by atomic mass is 10.00. The first-order chi connectivity index (χ1) is 9.45. The van der Waals surface area contributed by atoms with Crippen LogP contribution in [-0.4, -0.2) is 12.2 Å². The van der Waals surface area contributed by atoms with Gasteiger partial charge in [0, 0.05) is 22.2 Å². The summed E-state index contributed by atoms with van der Waals surface area (Å²) in [6.07, 6.45) is -1.51. The third-order valence-corrected chi connectivity index (χ3v) is 4.15. The van der Waals surface area contributed by atoms with Gasteiger partial charge in [-0.05, 0) is 22.0 Å². The standard InChI is InChI=1S/C14H10BrClF2O2/c1-20-7-5-10(17)12(11(18)6-7)14(19)8-3-2-4-9(15)13(8)16/h2-6,14,19H,1H3. The fraction of sp³-hybridized carbons (Fsp3) is 0.143. The predicted molar refractivity (Wildman–Crippen MR) is 76.1 cm³/mol. The van der Waals surface area contributed by atoms with Crippen LogP contribution in [0.5, 0.6) is 5.75 Å². The van der Waals surface area contributed by atoms with Crippen molar-refractivity contribution in [2.45, 2.75) is 6.10 Å². The predicted octanol–water partition coefficient (Wildman–Crippen LogP) is 4.47. The van der Waals surface area contributed by atoms with Crippen LogP contribution in [0.4, 0.5) is 8.78 Å². The van der Waals surface area contributed by atoms with E-state index in [9.17, 15) is 13.9 Å². The molecule has 0 saturated carbocycles. The number of aliphatic hydroxyl groups excluding tert-OH is 1. The smallest absolute Gasteiger partial charge is 0.135 e. The first kappa shape index (κ1) is 15.2. The lowest BCUT2D eigenvalue weighted by molar-refractivity contribution is 0.208. The molecule has 2 aromatic carbocycles. The van der Waals surface area contributed by atoms with Gasteiger partial charge in [-0.25, -0.2) is 8.78 Å². The van der Waals surface area contributed by atoms with Crippen molar-refractivity contribution < 1.29 is 18.6 Å². The topological polar surface area (TPSA) is 29.5 Å². The van der Waals surface area contributed by atoms with Crippen LogP contribution >= 0.6 is 27.5 Å². The van der Waals surface area contributed by atoms with Crippen molar-refractivity contribution in [3.8, 4) is 5.75 Å². The van der Waals surface area contributed by atoms with Gasteiger partial charge in [0.25, 0.3) is 0 Å². The summed E-state index contributed by atoms with van der Waals surface area (Å²) in [7, 11) is 1.30. The van der Waals surface area contributed by atoms with Gasteiger partial charge < -0.3 is 9.84 Å². The monoisotopic (exact) mass is 362 g/mol. The van der Waals surface area contributed by atoms with E-state index in [1.165, 1.54) is 13.2 Å². The minimum Gasteiger partial charge on any atom is -0.497 e. The zero-order chi connectivity index (χ0) is 14.9. The molecule has 0 aliphatic carbocycles. The molecule has 2 nitrogen and oxygen atoms in total. The molecule has 0 fully saturated rings. The number of methoxy groups -OCH3 is 1. The van der Waals surface area contributed by atoms with Crippen LogP contribution < -0.4 is 4.74 Å². The van der Waals surface area contributed by atoms with E-state index < -0.39 is 23.3 Å². The maximum Gasteiger partial charge on any atom is 0.135 e. The molecule has 106 valence electrons. The summed E-state index contributed by atoms with van der Waals surface area (Å²) in [5.41, 5.74) is -0.255. The second kappa shape index (κ2) is 6.08. The Bertz CT molecular complexity index is 626. The Labute approximate surface area is 128 Å². The Hall–Kier alpha value is -1.17. The normalized spacial score (nSPS) is 12.3. The quantitative estimate of drug-likeness (QED) is 0.872. The molecule has 20 heavy (non-hydrogen) atoms. The van der Waals surface area contributed by atoms with Gasteiger partial charge in [-0.2, -0.15) is 0 Å². The largest absolute Gasteiger partial charge is 0.497 e. The first-order valence-electron chi connectivity index (χ1n) is 5.60. The molecule has 0 saturated heterocycles. The highest BCUT2D eigenvalue weighted by atomic mass is 79.9. The van der Waals surface area contributed by atoms with Gasteiger partial charge in [0.2, 0.25) is 0 Å². The van der Waals surface area contributed by atoms with Crippen molar-refractivity contribution in [3.05, 3.63) is 62.6 Å². The third-order valence-electron chi connectivity index (χ3n) is 2.84. The Morgan fingerprint density at radius 3 is 2.40 bits per heavy atom. The van der Waals surface area contributed by atoms with E-state index in [-0.39, 0.29) is 16.3 Å². The molecule has 1 unspecified atom stereocenters. The lowest BCUT2D eigenvalue weighted by Crippen LogP contribution is -2.07. The van der Waals surface area contributed by atoms with E-state index in [2.05, 4.69) is 15.9 Å². The summed E-state index contributed by atoms with van der Waals surface area (Å²) in [4.78, 5) is 0. The van der Waals surface area contributed by atoms with Crippen molar-refractivity contribution in [1.29, 1.82) is 0 Å². The average Bonchev–Trinajstić information content (AvgIpc) is 2.40. The van der Waals surface area contributed by atoms with Crippen LogP contribution in [0.15, 0.2) is 34.8 Å². The van der Waals surface area contributed by atoms with E-state index in [1.54, 1.807) is 12.1 Å². The molecule has 0 radical (unpaired) electrons. The van der Waals surface area contributed by atoms with Crippen LogP contribution in [-0.2, 0) is 0 Å². The highest BCUT2D eigenvalue weighted by Crippen LogP contribution is 2.36. The Morgan fingerprint density at radius 1 is 1.25 bits per heavy atom. The fourth-order valence-electron chi connectivity index (χ4n) is 1.83.